The second kappa shape index (κ2) is 6.37. The van der Waals surface area contributed by atoms with Crippen LogP contribution in [0.5, 0.6) is 5.75 Å². The van der Waals surface area contributed by atoms with E-state index in [2.05, 4.69) is 26.2 Å². The van der Waals surface area contributed by atoms with Crippen LogP contribution in [0.4, 0.5) is 5.69 Å². The quantitative estimate of drug-likeness (QED) is 0.779. The Hall–Kier alpha value is -2.05. The first-order valence-corrected chi connectivity index (χ1v) is 8.06. The number of aliphatic imine (C=N–C) groups is 1. The average Bonchev–Trinajstić information content (AvgIpc) is 2.84. The van der Waals surface area contributed by atoms with Crippen molar-refractivity contribution in [3.8, 4) is 5.75 Å². The summed E-state index contributed by atoms with van der Waals surface area (Å²) in [5.74, 6) is 0.0192. The van der Waals surface area contributed by atoms with Crippen molar-refractivity contribution in [3.05, 3.63) is 63.5 Å². The lowest BCUT2D eigenvalue weighted by Crippen LogP contribution is -2.19. The van der Waals surface area contributed by atoms with Gasteiger partial charge in [-0.25, -0.2) is 4.99 Å². The summed E-state index contributed by atoms with van der Waals surface area (Å²) in [6, 6.07) is 14.2. The molecule has 1 fully saturated rings. The molecule has 0 aromatic heterocycles. The number of hydrogen-bond donors (Lipinski definition) is 2. The maximum atomic E-state index is 12.0. The number of aromatic hydroxyl groups is 1. The molecule has 1 saturated heterocycles. The average molecular weight is 375 g/mol. The van der Waals surface area contributed by atoms with Gasteiger partial charge in [-0.1, -0.05) is 24.3 Å². The normalized spacial score (nSPS) is 18.0. The third-order valence-corrected chi connectivity index (χ3v) is 4.50. The van der Waals surface area contributed by atoms with Gasteiger partial charge >= 0.3 is 0 Å². The third kappa shape index (κ3) is 3.40. The SMILES string of the molecule is O=C1NC(=Nc2ccccc2Br)S/C1=C/c1ccc(O)cc1. The minimum Gasteiger partial charge on any atom is -0.508 e. The Bertz CT molecular complexity index is 785. The third-order valence-electron chi connectivity index (χ3n) is 2.92. The predicted molar refractivity (Wildman–Crippen MR) is 93.1 cm³/mol. The highest BCUT2D eigenvalue weighted by atomic mass is 79.9. The molecule has 1 aliphatic heterocycles. The highest BCUT2D eigenvalue weighted by molar-refractivity contribution is 9.10. The van der Waals surface area contributed by atoms with Gasteiger partial charge in [0.25, 0.3) is 5.91 Å². The van der Waals surface area contributed by atoms with Crippen LogP contribution in [0.1, 0.15) is 5.56 Å². The van der Waals surface area contributed by atoms with E-state index in [9.17, 15) is 9.90 Å². The summed E-state index contributed by atoms with van der Waals surface area (Å²) in [6.07, 6.45) is 1.77. The molecule has 22 heavy (non-hydrogen) atoms. The number of carbonyl (C=O) groups excluding carboxylic acids is 1. The minimum absolute atomic E-state index is 0.177. The molecule has 0 saturated carbocycles. The highest BCUT2D eigenvalue weighted by Gasteiger charge is 2.23. The summed E-state index contributed by atoms with van der Waals surface area (Å²) in [5, 5.41) is 12.6. The summed E-state index contributed by atoms with van der Waals surface area (Å²) in [6.45, 7) is 0. The number of nitrogens with one attached hydrogen (secondary N) is 1. The summed E-state index contributed by atoms with van der Waals surface area (Å²) in [4.78, 5) is 17.0. The van der Waals surface area contributed by atoms with Gasteiger partial charge in [-0.15, -0.1) is 0 Å². The molecule has 0 spiro atoms. The molecule has 110 valence electrons. The monoisotopic (exact) mass is 374 g/mol. The first kappa shape index (κ1) is 14.9. The topological polar surface area (TPSA) is 61.7 Å². The van der Waals surface area contributed by atoms with Crippen molar-refractivity contribution in [1.82, 2.24) is 5.32 Å². The van der Waals surface area contributed by atoms with Crippen LogP contribution < -0.4 is 5.32 Å². The van der Waals surface area contributed by atoms with Gasteiger partial charge in [-0.05, 0) is 63.6 Å². The van der Waals surface area contributed by atoms with Crippen molar-refractivity contribution in [2.45, 2.75) is 0 Å². The van der Waals surface area contributed by atoms with Crippen LogP contribution in [0.15, 0.2) is 62.9 Å². The summed E-state index contributed by atoms with van der Waals surface area (Å²) in [7, 11) is 0. The number of rotatable bonds is 2. The van der Waals surface area contributed by atoms with Crippen LogP contribution in [0.25, 0.3) is 6.08 Å². The number of amides is 1. The van der Waals surface area contributed by atoms with Gasteiger partial charge < -0.3 is 10.4 Å². The molecule has 1 aliphatic rings. The first-order chi connectivity index (χ1) is 10.6. The molecular formula is C16H11BrN2O2S. The molecule has 6 heteroatoms. The molecular weight excluding hydrogens is 364 g/mol. The van der Waals surface area contributed by atoms with Gasteiger partial charge in [-0.2, -0.15) is 0 Å². The van der Waals surface area contributed by atoms with Crippen LogP contribution in [0.3, 0.4) is 0 Å². The van der Waals surface area contributed by atoms with E-state index in [1.165, 1.54) is 11.8 Å². The van der Waals surface area contributed by atoms with E-state index < -0.39 is 0 Å². The number of phenols is 1. The first-order valence-electron chi connectivity index (χ1n) is 6.45. The Labute approximate surface area is 140 Å². The molecule has 4 nitrogen and oxygen atoms in total. The van der Waals surface area contributed by atoms with Gasteiger partial charge in [0.05, 0.1) is 10.6 Å². The Morgan fingerprint density at radius 2 is 1.86 bits per heavy atom. The summed E-state index contributed by atoms with van der Waals surface area (Å²) >= 11 is 4.72. The number of thioether (sulfide) groups is 1. The molecule has 0 unspecified atom stereocenters. The fraction of sp³-hybridized carbons (Fsp3) is 0. The van der Waals surface area contributed by atoms with Crippen LogP contribution in [-0.4, -0.2) is 16.2 Å². The zero-order valence-electron chi connectivity index (χ0n) is 11.3. The van der Waals surface area contributed by atoms with E-state index in [0.717, 1.165) is 15.7 Å². The van der Waals surface area contributed by atoms with Crippen molar-refractivity contribution in [2.75, 3.05) is 0 Å². The van der Waals surface area contributed by atoms with E-state index in [0.29, 0.717) is 10.1 Å². The van der Waals surface area contributed by atoms with Crippen molar-refractivity contribution in [2.24, 2.45) is 4.99 Å². The van der Waals surface area contributed by atoms with E-state index in [1.807, 2.05) is 24.3 Å². The zero-order chi connectivity index (χ0) is 15.5. The molecule has 3 rings (SSSR count). The van der Waals surface area contributed by atoms with Crippen molar-refractivity contribution < 1.29 is 9.90 Å². The fourth-order valence-corrected chi connectivity index (χ4v) is 3.06. The molecule has 0 aliphatic carbocycles. The lowest BCUT2D eigenvalue weighted by Gasteiger charge is -1.98. The predicted octanol–water partition coefficient (Wildman–Crippen LogP) is 4.05. The smallest absolute Gasteiger partial charge is 0.264 e. The van der Waals surface area contributed by atoms with Crippen molar-refractivity contribution in [1.29, 1.82) is 0 Å². The molecule has 0 atom stereocenters. The molecule has 0 radical (unpaired) electrons. The zero-order valence-corrected chi connectivity index (χ0v) is 13.7. The lowest BCUT2D eigenvalue weighted by molar-refractivity contribution is -0.115. The largest absolute Gasteiger partial charge is 0.508 e. The maximum Gasteiger partial charge on any atom is 0.264 e. The van der Waals surface area contributed by atoms with Crippen molar-refractivity contribution in [3.63, 3.8) is 0 Å². The Balaban J connectivity index is 1.84. The molecule has 2 aromatic carbocycles. The second-order valence-corrected chi connectivity index (χ2v) is 6.41. The van der Waals surface area contributed by atoms with E-state index in [1.54, 1.807) is 30.3 Å². The van der Waals surface area contributed by atoms with E-state index >= 15 is 0 Å². The number of phenolic OH excluding ortho intramolecular Hbond substituents is 1. The highest BCUT2D eigenvalue weighted by Crippen LogP contribution is 2.31. The lowest BCUT2D eigenvalue weighted by atomic mass is 10.2. The number of nitrogens with zero attached hydrogens (tertiary/aromatic N) is 1. The van der Waals surface area contributed by atoms with Gasteiger partial charge in [0.1, 0.15) is 5.75 Å². The van der Waals surface area contributed by atoms with E-state index in [4.69, 9.17) is 0 Å². The van der Waals surface area contributed by atoms with Crippen LogP contribution in [0, 0.1) is 0 Å². The Kier molecular flexibility index (Phi) is 4.31. The van der Waals surface area contributed by atoms with Crippen LogP contribution >= 0.6 is 27.7 Å². The van der Waals surface area contributed by atoms with Gasteiger partial charge in [0.15, 0.2) is 5.17 Å². The van der Waals surface area contributed by atoms with Crippen molar-refractivity contribution >= 4 is 50.5 Å². The Morgan fingerprint density at radius 1 is 1.14 bits per heavy atom. The van der Waals surface area contributed by atoms with Crippen LogP contribution in [-0.2, 0) is 4.79 Å². The van der Waals surface area contributed by atoms with Gasteiger partial charge in [0.2, 0.25) is 0 Å². The molecule has 2 aromatic rings. The number of amidine groups is 1. The number of halogens is 1. The second-order valence-electron chi connectivity index (χ2n) is 4.52. The number of benzene rings is 2. The standard InChI is InChI=1S/C16H11BrN2O2S/c17-12-3-1-2-4-13(12)18-16-19-15(21)14(22-16)9-10-5-7-11(20)8-6-10/h1-9,20H,(H,18,19,21)/b14-9+. The number of carbonyl (C=O) groups is 1. The molecule has 1 heterocycles. The molecule has 1 amide bonds. The van der Waals surface area contributed by atoms with Gasteiger partial charge in [-0.3, -0.25) is 4.79 Å². The van der Waals surface area contributed by atoms with E-state index in [-0.39, 0.29) is 11.7 Å². The number of para-hydroxylation sites is 1. The summed E-state index contributed by atoms with van der Waals surface area (Å²) < 4.78 is 0.869. The van der Waals surface area contributed by atoms with Crippen LogP contribution in [0.2, 0.25) is 0 Å². The fourth-order valence-electron chi connectivity index (χ4n) is 1.85. The summed E-state index contributed by atoms with van der Waals surface area (Å²) in [5.41, 5.74) is 1.61. The molecule has 0 bridgehead atoms. The molecule has 2 N–H and O–H groups in total. The minimum atomic E-state index is -0.177. The van der Waals surface area contributed by atoms with Gasteiger partial charge in [0, 0.05) is 4.47 Å². The Morgan fingerprint density at radius 3 is 2.59 bits per heavy atom. The number of hydrogen-bond acceptors (Lipinski definition) is 4. The maximum absolute atomic E-state index is 12.0.